The Kier molecular flexibility index (Phi) is 4.00. The predicted octanol–water partition coefficient (Wildman–Crippen LogP) is 2.88. The highest BCUT2D eigenvalue weighted by atomic mass is 35.5. The quantitative estimate of drug-likeness (QED) is 0.782. The topological polar surface area (TPSA) is 12.0 Å². The van der Waals surface area contributed by atoms with Crippen LogP contribution in [0.15, 0.2) is 24.3 Å². The number of hydrogen-bond donors (Lipinski definition) is 1. The highest BCUT2D eigenvalue weighted by Crippen LogP contribution is 2.20. The van der Waals surface area contributed by atoms with E-state index in [0.29, 0.717) is 0 Å². The number of benzene rings is 1. The van der Waals surface area contributed by atoms with E-state index < -0.39 is 0 Å². The lowest BCUT2D eigenvalue weighted by atomic mass is 10.1. The van der Waals surface area contributed by atoms with E-state index in [4.69, 9.17) is 11.6 Å². The highest BCUT2D eigenvalue weighted by Gasteiger charge is 1.97. The maximum Gasteiger partial charge on any atom is 0.0480 e. The van der Waals surface area contributed by atoms with Gasteiger partial charge in [0.2, 0.25) is 0 Å². The van der Waals surface area contributed by atoms with Crippen LogP contribution in [-0.4, -0.2) is 13.6 Å². The molecule has 0 fully saturated rings. The van der Waals surface area contributed by atoms with Gasteiger partial charge < -0.3 is 5.32 Å². The van der Waals surface area contributed by atoms with Crippen molar-refractivity contribution in [3.63, 3.8) is 0 Å². The molecule has 1 aromatic rings. The van der Waals surface area contributed by atoms with Crippen LogP contribution in [-0.2, 0) is 0 Å². The summed E-state index contributed by atoms with van der Waals surface area (Å²) in [5.41, 5.74) is 2.32. The second-order valence-corrected chi connectivity index (χ2v) is 3.34. The second kappa shape index (κ2) is 5.05. The molecule has 1 nitrogen and oxygen atoms in total. The van der Waals surface area contributed by atoms with Gasteiger partial charge in [0.15, 0.2) is 0 Å². The molecule has 0 aliphatic rings. The average molecular weight is 196 g/mol. The normalized spacial score (nSPS) is 11.0. The van der Waals surface area contributed by atoms with Gasteiger partial charge >= 0.3 is 0 Å². The SMILES string of the molecule is CNCC=Cc1c(C)cccc1Cl. The van der Waals surface area contributed by atoms with Gasteiger partial charge in [0.25, 0.3) is 0 Å². The summed E-state index contributed by atoms with van der Waals surface area (Å²) in [6.45, 7) is 2.93. The van der Waals surface area contributed by atoms with Gasteiger partial charge in [0, 0.05) is 11.6 Å². The third-order valence-electron chi connectivity index (χ3n) is 1.88. The minimum absolute atomic E-state index is 0.812. The molecule has 1 N–H and O–H groups in total. The van der Waals surface area contributed by atoms with Crippen molar-refractivity contribution in [2.45, 2.75) is 6.92 Å². The van der Waals surface area contributed by atoms with E-state index in [1.807, 2.05) is 25.3 Å². The molecular weight excluding hydrogens is 182 g/mol. The van der Waals surface area contributed by atoms with E-state index in [-0.39, 0.29) is 0 Å². The Bertz CT molecular complexity index is 285. The average Bonchev–Trinajstić information content (AvgIpc) is 2.10. The molecule has 0 aliphatic carbocycles. The summed E-state index contributed by atoms with van der Waals surface area (Å²) in [5.74, 6) is 0. The van der Waals surface area contributed by atoms with Crippen molar-refractivity contribution < 1.29 is 0 Å². The Balaban J connectivity index is 2.87. The lowest BCUT2D eigenvalue weighted by molar-refractivity contribution is 0.922. The molecule has 1 aromatic carbocycles. The van der Waals surface area contributed by atoms with Gasteiger partial charge in [-0.25, -0.2) is 0 Å². The van der Waals surface area contributed by atoms with Crippen molar-refractivity contribution in [1.82, 2.24) is 5.32 Å². The number of nitrogens with one attached hydrogen (secondary N) is 1. The number of halogens is 1. The fraction of sp³-hybridized carbons (Fsp3) is 0.273. The zero-order valence-corrected chi connectivity index (χ0v) is 8.73. The first-order chi connectivity index (χ1) is 6.25. The molecule has 0 spiro atoms. The fourth-order valence-electron chi connectivity index (χ4n) is 1.15. The van der Waals surface area contributed by atoms with Crippen molar-refractivity contribution in [3.8, 4) is 0 Å². The van der Waals surface area contributed by atoms with E-state index in [0.717, 1.165) is 17.1 Å². The summed E-state index contributed by atoms with van der Waals surface area (Å²) in [6, 6.07) is 5.94. The van der Waals surface area contributed by atoms with Crippen LogP contribution in [0.2, 0.25) is 5.02 Å². The standard InChI is InChI=1S/C11H14ClN/c1-9-5-3-7-11(12)10(9)6-4-8-13-2/h3-7,13H,8H2,1-2H3. The molecule has 0 aromatic heterocycles. The number of hydrogen-bond acceptors (Lipinski definition) is 1. The lowest BCUT2D eigenvalue weighted by Gasteiger charge is -2.02. The zero-order valence-electron chi connectivity index (χ0n) is 7.97. The fourth-order valence-corrected chi connectivity index (χ4v) is 1.44. The van der Waals surface area contributed by atoms with E-state index in [1.165, 1.54) is 5.56 Å². The van der Waals surface area contributed by atoms with Crippen LogP contribution < -0.4 is 5.32 Å². The summed E-state index contributed by atoms with van der Waals surface area (Å²) in [6.07, 6.45) is 4.11. The van der Waals surface area contributed by atoms with Gasteiger partial charge in [0.1, 0.15) is 0 Å². The molecule has 0 aliphatic heterocycles. The van der Waals surface area contributed by atoms with Crippen LogP contribution in [0.1, 0.15) is 11.1 Å². The van der Waals surface area contributed by atoms with Crippen molar-refractivity contribution in [2.24, 2.45) is 0 Å². The smallest absolute Gasteiger partial charge is 0.0480 e. The highest BCUT2D eigenvalue weighted by molar-refractivity contribution is 6.32. The van der Waals surface area contributed by atoms with Crippen LogP contribution in [0, 0.1) is 6.92 Å². The predicted molar refractivity (Wildman–Crippen MR) is 59.1 cm³/mol. The van der Waals surface area contributed by atoms with Gasteiger partial charge in [-0.05, 0) is 31.2 Å². The lowest BCUT2D eigenvalue weighted by Crippen LogP contribution is -2.03. The van der Waals surface area contributed by atoms with E-state index in [2.05, 4.69) is 24.4 Å². The van der Waals surface area contributed by atoms with Crippen molar-refractivity contribution in [2.75, 3.05) is 13.6 Å². The van der Waals surface area contributed by atoms with Gasteiger partial charge in [-0.15, -0.1) is 0 Å². The van der Waals surface area contributed by atoms with Gasteiger partial charge in [-0.3, -0.25) is 0 Å². The van der Waals surface area contributed by atoms with Crippen LogP contribution in [0.3, 0.4) is 0 Å². The number of likely N-dealkylation sites (N-methyl/N-ethyl adjacent to an activating group) is 1. The first-order valence-corrected chi connectivity index (χ1v) is 4.69. The molecular formula is C11H14ClN. The Hall–Kier alpha value is -0.790. The van der Waals surface area contributed by atoms with Crippen molar-refractivity contribution in [3.05, 3.63) is 40.4 Å². The Labute approximate surface area is 84.4 Å². The maximum absolute atomic E-state index is 6.04. The molecule has 0 bridgehead atoms. The molecule has 1 rings (SSSR count). The van der Waals surface area contributed by atoms with Crippen LogP contribution in [0.4, 0.5) is 0 Å². The van der Waals surface area contributed by atoms with E-state index in [9.17, 15) is 0 Å². The molecule has 0 heterocycles. The Morgan fingerprint density at radius 1 is 1.46 bits per heavy atom. The molecule has 70 valence electrons. The second-order valence-electron chi connectivity index (χ2n) is 2.93. The van der Waals surface area contributed by atoms with Gasteiger partial charge in [-0.1, -0.05) is 35.9 Å². The van der Waals surface area contributed by atoms with E-state index >= 15 is 0 Å². The number of rotatable bonds is 3. The summed E-state index contributed by atoms with van der Waals surface area (Å²) >= 11 is 6.04. The first-order valence-electron chi connectivity index (χ1n) is 4.32. The first kappa shape index (κ1) is 10.3. The molecule has 0 saturated carbocycles. The molecule has 13 heavy (non-hydrogen) atoms. The summed E-state index contributed by atoms with van der Waals surface area (Å²) in [5, 5.41) is 3.86. The summed E-state index contributed by atoms with van der Waals surface area (Å²) in [4.78, 5) is 0. The number of aryl methyl sites for hydroxylation is 1. The third-order valence-corrected chi connectivity index (χ3v) is 2.21. The monoisotopic (exact) mass is 195 g/mol. The third kappa shape index (κ3) is 2.87. The molecule has 0 saturated heterocycles. The maximum atomic E-state index is 6.04. The van der Waals surface area contributed by atoms with Crippen LogP contribution in [0.25, 0.3) is 6.08 Å². The minimum Gasteiger partial charge on any atom is -0.316 e. The van der Waals surface area contributed by atoms with Crippen molar-refractivity contribution >= 4 is 17.7 Å². The van der Waals surface area contributed by atoms with Crippen LogP contribution >= 0.6 is 11.6 Å². The van der Waals surface area contributed by atoms with E-state index in [1.54, 1.807) is 0 Å². The Morgan fingerprint density at radius 3 is 2.85 bits per heavy atom. The minimum atomic E-state index is 0.812. The van der Waals surface area contributed by atoms with Gasteiger partial charge in [0.05, 0.1) is 0 Å². The molecule has 0 unspecified atom stereocenters. The van der Waals surface area contributed by atoms with Crippen molar-refractivity contribution in [1.29, 1.82) is 0 Å². The molecule has 0 radical (unpaired) electrons. The van der Waals surface area contributed by atoms with Gasteiger partial charge in [-0.2, -0.15) is 0 Å². The Morgan fingerprint density at radius 2 is 2.23 bits per heavy atom. The molecule has 0 amide bonds. The molecule has 2 heteroatoms. The largest absolute Gasteiger partial charge is 0.316 e. The zero-order chi connectivity index (χ0) is 9.68. The molecule has 0 atom stereocenters. The summed E-state index contributed by atoms with van der Waals surface area (Å²) in [7, 11) is 1.92. The summed E-state index contributed by atoms with van der Waals surface area (Å²) < 4.78 is 0. The van der Waals surface area contributed by atoms with Crippen LogP contribution in [0.5, 0.6) is 0 Å².